The number of likely N-dealkylation sites (tertiary alicyclic amines) is 1. The third kappa shape index (κ3) is 19.9. The zero-order chi connectivity index (χ0) is 77.8. The van der Waals surface area contributed by atoms with E-state index in [-0.39, 0.29) is 82.7 Å². The lowest BCUT2D eigenvalue weighted by atomic mass is 9.84. The average Bonchev–Trinajstić information content (AvgIpc) is 1.44. The number of nitrogens with zero attached hydrogens (tertiary/aromatic N) is 9. The van der Waals surface area contributed by atoms with Crippen molar-refractivity contribution in [3.63, 3.8) is 0 Å². The minimum absolute atomic E-state index is 0.00254. The van der Waals surface area contributed by atoms with Gasteiger partial charge in [0, 0.05) is 74.9 Å². The van der Waals surface area contributed by atoms with Crippen molar-refractivity contribution in [3.05, 3.63) is 70.2 Å². The molecule has 2 aromatic rings. The van der Waals surface area contributed by atoms with Gasteiger partial charge in [-0.15, -0.1) is 0 Å². The maximum absolute atomic E-state index is 15.5. The molecule has 0 radical (unpaired) electrons. The minimum atomic E-state index is -4.77. The Morgan fingerprint density at radius 1 is 0.604 bits per heavy atom. The summed E-state index contributed by atoms with van der Waals surface area (Å²) in [5, 5.41) is 8.25. The highest BCUT2D eigenvalue weighted by Gasteiger charge is 2.52. The molecule has 28 heteroatoms. The van der Waals surface area contributed by atoms with Crippen LogP contribution >= 0.6 is 11.6 Å². The first-order valence-electron chi connectivity index (χ1n) is 38.4. The SMILES string of the molecule is CC[C@H](C)[C@@H]1NC(=O)[C@H](CC(C)C)N(C)C(=O)C[C@@H](C(=O)N2CCCCC2)N(C)C(=O)[C@H](C(C)C)N(C)C(=O)C2(CCCC2)NC(=O)[C@@H]2CCCN2C(=O)[C@H](CCc2ccc(C(F)(F)F)c(Cl)c2)NC(=O)CN(C)C(=O)[C@H](CC2CCCCC2)N(C)C(=O)[C@@H]2CCN2C(=O)[C@H](Cc2ccccc2)N(C)C1=O. The number of amides is 12. The van der Waals surface area contributed by atoms with E-state index in [9.17, 15) is 18.0 Å². The summed E-state index contributed by atoms with van der Waals surface area (Å²) in [7, 11) is 8.68. The van der Waals surface area contributed by atoms with E-state index in [0.29, 0.717) is 62.7 Å². The van der Waals surface area contributed by atoms with Gasteiger partial charge < -0.3 is 60.0 Å². The molecule has 0 unspecified atom stereocenters. The Bertz CT molecular complexity index is 3490. The molecule has 3 N–H and O–H groups in total. The fraction of sp³-hybridized carbons (Fsp3) is 0.692. The molecule has 4 aliphatic heterocycles. The van der Waals surface area contributed by atoms with Crippen LogP contribution in [0.15, 0.2) is 48.5 Å². The summed E-state index contributed by atoms with van der Waals surface area (Å²) in [6.07, 6.45) is 3.58. The molecule has 24 nitrogen and oxygen atoms in total. The number of hydrogen-bond donors (Lipinski definition) is 3. The van der Waals surface area contributed by atoms with Gasteiger partial charge in [-0.2, -0.15) is 13.2 Å². The highest BCUT2D eigenvalue weighted by atomic mass is 35.5. The number of carbonyl (C=O) groups is 12. The Hall–Kier alpha value is -7.84. The maximum Gasteiger partial charge on any atom is 0.417 e. The molecule has 6 aliphatic rings. The highest BCUT2D eigenvalue weighted by Crippen LogP contribution is 2.38. The molecule has 6 fully saturated rings. The molecular weight excluding hydrogens is 1390 g/mol. The molecule has 2 saturated carbocycles. The molecule has 106 heavy (non-hydrogen) atoms. The van der Waals surface area contributed by atoms with Gasteiger partial charge in [-0.3, -0.25) is 57.5 Å². The van der Waals surface area contributed by atoms with Gasteiger partial charge >= 0.3 is 6.18 Å². The number of nitrogens with one attached hydrogen (secondary N) is 3. The molecule has 2 aromatic carbocycles. The summed E-state index contributed by atoms with van der Waals surface area (Å²) in [6, 6.07) is 0.947. The van der Waals surface area contributed by atoms with Crippen LogP contribution in [0.5, 0.6) is 0 Å². The molecule has 12 amide bonds. The van der Waals surface area contributed by atoms with Crippen molar-refractivity contribution in [1.82, 2.24) is 60.0 Å². The molecule has 8 rings (SSSR count). The van der Waals surface area contributed by atoms with Gasteiger partial charge in [0.1, 0.15) is 59.9 Å². The molecule has 4 saturated heterocycles. The molecule has 10 atom stereocenters. The van der Waals surface area contributed by atoms with Gasteiger partial charge in [-0.25, -0.2) is 0 Å². The fourth-order valence-electron chi connectivity index (χ4n) is 16.5. The number of aryl methyl sites for hydroxylation is 1. The first-order valence-corrected chi connectivity index (χ1v) is 38.8. The number of benzene rings is 2. The van der Waals surface area contributed by atoms with Crippen molar-refractivity contribution in [2.24, 2.45) is 23.7 Å². The Labute approximate surface area is 628 Å². The largest absolute Gasteiger partial charge is 0.417 e. The average molecular weight is 1500 g/mol. The first-order chi connectivity index (χ1) is 50.1. The number of hydrogen-bond acceptors (Lipinski definition) is 12. The number of alkyl halides is 3. The van der Waals surface area contributed by atoms with Crippen LogP contribution in [0.25, 0.3) is 0 Å². The van der Waals surface area contributed by atoms with Crippen LogP contribution in [0, 0.1) is 23.7 Å². The lowest BCUT2D eigenvalue weighted by molar-refractivity contribution is -0.160. The number of carbonyl (C=O) groups excluding carboxylic acids is 12. The number of piperidine rings is 1. The van der Waals surface area contributed by atoms with E-state index in [1.54, 1.807) is 37.8 Å². The van der Waals surface area contributed by atoms with Crippen molar-refractivity contribution in [2.45, 2.75) is 249 Å². The number of halogens is 4. The third-order valence-electron chi connectivity index (χ3n) is 23.3. The van der Waals surface area contributed by atoms with E-state index in [2.05, 4.69) is 16.0 Å². The van der Waals surface area contributed by atoms with Crippen LogP contribution in [0.4, 0.5) is 13.2 Å². The van der Waals surface area contributed by atoms with Crippen molar-refractivity contribution in [3.8, 4) is 0 Å². The highest BCUT2D eigenvalue weighted by molar-refractivity contribution is 6.31. The zero-order valence-corrected chi connectivity index (χ0v) is 64.9. The van der Waals surface area contributed by atoms with Gasteiger partial charge in [0.15, 0.2) is 0 Å². The molecule has 4 heterocycles. The standard InChI is InChI=1S/C78H114ClF3N12O12/c1-13-50(6)65-74(104)89(10)61(45-52-28-19-15-20-29-52)73(103)94-41-35-58(94)71(101)88(9)60(44-51-26-17-14-18-27-51)70(100)86(7)47-63(95)83-56(34-32-53-31-33-54(55(79)43-53)78(80,81)82)69(99)93-40-25-30-57(93)68(98)85-77(36-21-22-37-77)76(106)91(12)66(49(4)5)75(105)90(11)62(72(102)92-38-23-16-24-39-92)46-64(96)87(8)59(42-48(2)3)67(97)84-65/h15,19-20,28-29,31,33,43,48-51,56-62,65-66H,13-14,16-18,21-27,30,32,34-42,44-47H2,1-12H3,(H,83,95)(H,84,97)(H,85,98)/t50-,56-,57-,58-,59-,60-,61-,62-,65-,66-/m0/s1. The summed E-state index contributed by atoms with van der Waals surface area (Å²) in [5.74, 6) is -9.02. The van der Waals surface area contributed by atoms with Crippen molar-refractivity contribution in [1.29, 1.82) is 0 Å². The quantitative estimate of drug-likeness (QED) is 0.179. The fourth-order valence-corrected chi connectivity index (χ4v) is 16.8. The van der Waals surface area contributed by atoms with E-state index in [1.807, 2.05) is 39.0 Å². The van der Waals surface area contributed by atoms with E-state index in [0.717, 1.165) is 55.6 Å². The lowest BCUT2D eigenvalue weighted by Crippen LogP contribution is -2.65. The predicted molar refractivity (Wildman–Crippen MR) is 393 cm³/mol. The molecule has 2 aliphatic carbocycles. The second-order valence-corrected chi connectivity index (χ2v) is 31.9. The maximum atomic E-state index is 15.5. The van der Waals surface area contributed by atoms with Crippen LogP contribution in [-0.4, -0.2) is 250 Å². The second-order valence-electron chi connectivity index (χ2n) is 31.5. The summed E-state index contributed by atoms with van der Waals surface area (Å²) < 4.78 is 41.8. The van der Waals surface area contributed by atoms with Crippen LogP contribution in [0.2, 0.25) is 5.02 Å². The van der Waals surface area contributed by atoms with Crippen molar-refractivity contribution >= 4 is 82.5 Å². The Balaban J connectivity index is 1.20. The number of fused-ring (bicyclic) bond motifs is 2. The lowest BCUT2D eigenvalue weighted by Gasteiger charge is -2.46. The number of rotatable bonds is 13. The summed E-state index contributed by atoms with van der Waals surface area (Å²) >= 11 is 6.18. The van der Waals surface area contributed by atoms with E-state index in [1.165, 1.54) is 82.7 Å². The van der Waals surface area contributed by atoms with Gasteiger partial charge in [-0.05, 0) is 124 Å². The van der Waals surface area contributed by atoms with Crippen LogP contribution < -0.4 is 16.0 Å². The van der Waals surface area contributed by atoms with Gasteiger partial charge in [-0.1, -0.05) is 141 Å². The summed E-state index contributed by atoms with van der Waals surface area (Å²) in [6.45, 7) is 11.1. The molecule has 1 spiro atoms. The van der Waals surface area contributed by atoms with E-state index in [4.69, 9.17) is 11.6 Å². The van der Waals surface area contributed by atoms with Crippen LogP contribution in [-0.2, 0) is 76.6 Å². The molecule has 586 valence electrons. The van der Waals surface area contributed by atoms with Crippen LogP contribution in [0.3, 0.4) is 0 Å². The Morgan fingerprint density at radius 3 is 1.83 bits per heavy atom. The Kier molecular flexibility index (Phi) is 29.1. The topological polar surface area (TPSA) is 270 Å². The van der Waals surface area contributed by atoms with Gasteiger partial charge in [0.2, 0.25) is 70.9 Å². The van der Waals surface area contributed by atoms with Crippen molar-refractivity contribution in [2.75, 3.05) is 75.0 Å². The third-order valence-corrected chi connectivity index (χ3v) is 23.6. The predicted octanol–water partition coefficient (Wildman–Crippen LogP) is 7.25. The number of likely N-dealkylation sites (N-methyl/N-ethyl adjacent to an activating group) is 6. The zero-order valence-electron chi connectivity index (χ0n) is 64.2. The van der Waals surface area contributed by atoms with Gasteiger partial charge in [0.25, 0.3) is 0 Å². The van der Waals surface area contributed by atoms with E-state index >= 15 is 52.7 Å². The van der Waals surface area contributed by atoms with Gasteiger partial charge in [0.05, 0.1) is 23.6 Å². The summed E-state index contributed by atoms with van der Waals surface area (Å²) in [5.41, 5.74) is -1.68. The van der Waals surface area contributed by atoms with E-state index < -0.39 is 172 Å². The molecule has 0 bridgehead atoms. The van der Waals surface area contributed by atoms with Crippen molar-refractivity contribution < 1.29 is 70.7 Å². The Morgan fingerprint density at radius 2 is 1.24 bits per heavy atom. The normalized spacial score (nSPS) is 26.9. The first kappa shape index (κ1) is 83.8. The van der Waals surface area contributed by atoms with Crippen LogP contribution in [0.1, 0.15) is 187 Å². The second kappa shape index (κ2) is 36.8. The molecular formula is C78H114ClF3N12O12. The molecule has 0 aromatic heterocycles. The minimum Gasteiger partial charge on any atom is -0.343 e. The summed E-state index contributed by atoms with van der Waals surface area (Å²) in [4.78, 5) is 195. The monoisotopic (exact) mass is 1500 g/mol. The smallest absolute Gasteiger partial charge is 0.343 e.